The molecule has 1 aliphatic heterocycles. The molecule has 0 spiro atoms. The van der Waals surface area contributed by atoms with E-state index in [9.17, 15) is 9.59 Å². The van der Waals surface area contributed by atoms with E-state index in [0.29, 0.717) is 44.3 Å². The van der Waals surface area contributed by atoms with Gasteiger partial charge in [-0.05, 0) is 39.7 Å². The fourth-order valence-electron chi connectivity index (χ4n) is 3.68. The molecule has 2 fully saturated rings. The van der Waals surface area contributed by atoms with Crippen LogP contribution in [0.5, 0.6) is 0 Å². The summed E-state index contributed by atoms with van der Waals surface area (Å²) in [6, 6.07) is 2.42. The second kappa shape index (κ2) is 7.50. The van der Waals surface area contributed by atoms with Crippen LogP contribution in [0.1, 0.15) is 48.8 Å². The van der Waals surface area contributed by atoms with Crippen molar-refractivity contribution in [2.24, 2.45) is 0 Å². The third-order valence-corrected chi connectivity index (χ3v) is 5.38. The van der Waals surface area contributed by atoms with Crippen LogP contribution in [0.25, 0.3) is 11.0 Å². The van der Waals surface area contributed by atoms with Gasteiger partial charge in [0, 0.05) is 44.0 Å². The molecule has 2 aliphatic rings. The number of hydrogen-bond donors (Lipinski definition) is 1. The van der Waals surface area contributed by atoms with E-state index in [1.54, 1.807) is 6.20 Å². The third-order valence-electron chi connectivity index (χ3n) is 5.38. The highest BCUT2D eigenvalue weighted by Crippen LogP contribution is 2.23. The average Bonchev–Trinajstić information content (AvgIpc) is 3.36. The zero-order valence-electron chi connectivity index (χ0n) is 16.8. The zero-order valence-corrected chi connectivity index (χ0v) is 16.8. The van der Waals surface area contributed by atoms with Gasteiger partial charge in [-0.2, -0.15) is 5.10 Å². The van der Waals surface area contributed by atoms with Crippen LogP contribution in [0.3, 0.4) is 0 Å². The molecule has 0 aromatic carbocycles. The molecular formula is C20H28N6O2. The van der Waals surface area contributed by atoms with Crippen LogP contribution in [0.15, 0.2) is 12.3 Å². The van der Waals surface area contributed by atoms with Crippen molar-refractivity contribution < 1.29 is 9.59 Å². The van der Waals surface area contributed by atoms with E-state index in [2.05, 4.69) is 34.1 Å². The molecule has 2 aromatic heterocycles. The molecule has 4 rings (SSSR count). The number of aryl methyl sites for hydroxylation is 1. The predicted octanol–water partition coefficient (Wildman–Crippen LogP) is 1.36. The highest BCUT2D eigenvalue weighted by atomic mass is 16.2. The first kappa shape index (κ1) is 18.9. The van der Waals surface area contributed by atoms with E-state index in [1.807, 2.05) is 22.6 Å². The molecule has 1 N–H and O–H groups in total. The quantitative estimate of drug-likeness (QED) is 0.842. The van der Waals surface area contributed by atoms with Crippen molar-refractivity contribution in [2.75, 3.05) is 32.7 Å². The summed E-state index contributed by atoms with van der Waals surface area (Å²) in [5.74, 6) is 0.107. The number of pyridine rings is 1. The number of piperazine rings is 1. The van der Waals surface area contributed by atoms with Gasteiger partial charge >= 0.3 is 0 Å². The lowest BCUT2D eigenvalue weighted by Gasteiger charge is -2.34. The largest absolute Gasteiger partial charge is 0.352 e. The number of amides is 2. The van der Waals surface area contributed by atoms with Gasteiger partial charge in [0.05, 0.1) is 23.7 Å². The van der Waals surface area contributed by atoms with Gasteiger partial charge in [-0.25, -0.2) is 9.67 Å². The van der Waals surface area contributed by atoms with Crippen LogP contribution in [0, 0.1) is 6.92 Å². The molecule has 0 radical (unpaired) electrons. The van der Waals surface area contributed by atoms with Crippen LogP contribution in [0.2, 0.25) is 0 Å². The Morgan fingerprint density at radius 1 is 1.21 bits per heavy atom. The van der Waals surface area contributed by atoms with E-state index in [-0.39, 0.29) is 17.9 Å². The van der Waals surface area contributed by atoms with Gasteiger partial charge in [-0.1, -0.05) is 0 Å². The molecule has 8 heteroatoms. The van der Waals surface area contributed by atoms with Crippen molar-refractivity contribution in [3.8, 4) is 0 Å². The summed E-state index contributed by atoms with van der Waals surface area (Å²) in [5, 5.41) is 8.25. The molecule has 1 aliphatic carbocycles. The first-order valence-electron chi connectivity index (χ1n) is 10.1. The first-order chi connectivity index (χ1) is 13.4. The van der Waals surface area contributed by atoms with Gasteiger partial charge in [-0.3, -0.25) is 14.5 Å². The van der Waals surface area contributed by atoms with Gasteiger partial charge in [-0.15, -0.1) is 0 Å². The summed E-state index contributed by atoms with van der Waals surface area (Å²) in [4.78, 5) is 33.8. The third kappa shape index (κ3) is 3.87. The predicted molar refractivity (Wildman–Crippen MR) is 106 cm³/mol. The van der Waals surface area contributed by atoms with Crippen molar-refractivity contribution in [3.05, 3.63) is 23.5 Å². The molecule has 150 valence electrons. The fourth-order valence-corrected chi connectivity index (χ4v) is 3.68. The molecule has 28 heavy (non-hydrogen) atoms. The minimum atomic E-state index is 0.0147. The number of nitrogens with one attached hydrogen (secondary N) is 1. The molecule has 1 saturated heterocycles. The second-order valence-corrected chi connectivity index (χ2v) is 8.14. The molecule has 2 amide bonds. The average molecular weight is 384 g/mol. The maximum Gasteiger partial charge on any atom is 0.254 e. The second-order valence-electron chi connectivity index (χ2n) is 8.14. The van der Waals surface area contributed by atoms with Gasteiger partial charge in [0.2, 0.25) is 5.91 Å². The van der Waals surface area contributed by atoms with Crippen LogP contribution in [0.4, 0.5) is 0 Å². The van der Waals surface area contributed by atoms with Crippen molar-refractivity contribution in [3.63, 3.8) is 0 Å². The lowest BCUT2D eigenvalue weighted by molar-refractivity contribution is -0.122. The van der Waals surface area contributed by atoms with E-state index in [4.69, 9.17) is 0 Å². The van der Waals surface area contributed by atoms with Gasteiger partial charge in [0.15, 0.2) is 5.65 Å². The minimum absolute atomic E-state index is 0.0147. The normalized spacial score (nSPS) is 18.1. The molecule has 0 atom stereocenters. The van der Waals surface area contributed by atoms with Crippen molar-refractivity contribution in [2.45, 2.75) is 45.7 Å². The molecule has 2 aromatic rings. The Labute approximate surface area is 164 Å². The molecule has 8 nitrogen and oxygen atoms in total. The SMILES string of the molecule is Cc1cc(C(=O)N2CCN(CC(=O)NC3CC3)CC2)c2cnn(C(C)C)c2n1. The smallest absolute Gasteiger partial charge is 0.254 e. The Balaban J connectivity index is 1.44. The van der Waals surface area contributed by atoms with Crippen LogP contribution >= 0.6 is 0 Å². The van der Waals surface area contributed by atoms with E-state index in [1.165, 1.54) is 0 Å². The van der Waals surface area contributed by atoms with Crippen molar-refractivity contribution in [1.82, 2.24) is 29.9 Å². The summed E-state index contributed by atoms with van der Waals surface area (Å²) >= 11 is 0. The summed E-state index contributed by atoms with van der Waals surface area (Å²) in [5.41, 5.74) is 2.23. The van der Waals surface area contributed by atoms with Crippen LogP contribution < -0.4 is 5.32 Å². The Morgan fingerprint density at radius 3 is 2.57 bits per heavy atom. The maximum absolute atomic E-state index is 13.2. The number of hydrogen-bond acceptors (Lipinski definition) is 5. The van der Waals surface area contributed by atoms with E-state index in [0.717, 1.165) is 29.6 Å². The first-order valence-corrected chi connectivity index (χ1v) is 10.1. The summed E-state index contributed by atoms with van der Waals surface area (Å²) < 4.78 is 1.86. The molecule has 0 unspecified atom stereocenters. The molecular weight excluding hydrogens is 356 g/mol. The number of aromatic nitrogens is 3. The monoisotopic (exact) mass is 384 g/mol. The minimum Gasteiger partial charge on any atom is -0.352 e. The fraction of sp³-hybridized carbons (Fsp3) is 0.600. The van der Waals surface area contributed by atoms with Crippen LogP contribution in [-0.2, 0) is 4.79 Å². The lowest BCUT2D eigenvalue weighted by atomic mass is 10.1. The molecule has 3 heterocycles. The van der Waals surface area contributed by atoms with E-state index < -0.39 is 0 Å². The van der Waals surface area contributed by atoms with Gasteiger partial charge in [0.25, 0.3) is 5.91 Å². The highest BCUT2D eigenvalue weighted by molar-refractivity contribution is 6.05. The Bertz CT molecular complexity index is 893. The number of carbonyl (C=O) groups is 2. The van der Waals surface area contributed by atoms with Gasteiger partial charge < -0.3 is 10.2 Å². The molecule has 0 bridgehead atoms. The van der Waals surface area contributed by atoms with Gasteiger partial charge in [0.1, 0.15) is 0 Å². The standard InChI is InChI=1S/C20H28N6O2/c1-13(2)26-19-17(11-21-26)16(10-14(3)22-19)20(28)25-8-6-24(7-9-25)12-18(27)23-15-4-5-15/h10-11,13,15H,4-9,12H2,1-3H3,(H,23,27). The topological polar surface area (TPSA) is 83.4 Å². The van der Waals surface area contributed by atoms with E-state index >= 15 is 0 Å². The van der Waals surface area contributed by atoms with Crippen LogP contribution in [-0.4, -0.2) is 75.1 Å². The van der Waals surface area contributed by atoms with Crippen molar-refractivity contribution in [1.29, 1.82) is 0 Å². The summed E-state index contributed by atoms with van der Waals surface area (Å²) in [6.45, 7) is 9.09. The zero-order chi connectivity index (χ0) is 19.8. The Morgan fingerprint density at radius 2 is 1.93 bits per heavy atom. The maximum atomic E-state index is 13.2. The lowest BCUT2D eigenvalue weighted by Crippen LogP contribution is -2.51. The summed E-state index contributed by atoms with van der Waals surface area (Å²) in [7, 11) is 0. The van der Waals surface area contributed by atoms with Crippen molar-refractivity contribution >= 4 is 22.8 Å². The number of rotatable bonds is 5. The Kier molecular flexibility index (Phi) is 5.05. The number of nitrogens with zero attached hydrogens (tertiary/aromatic N) is 5. The number of fused-ring (bicyclic) bond motifs is 1. The number of carbonyl (C=O) groups excluding carboxylic acids is 2. The highest BCUT2D eigenvalue weighted by Gasteiger charge is 2.28. The Hall–Kier alpha value is -2.48. The molecule has 1 saturated carbocycles. The summed E-state index contributed by atoms with van der Waals surface area (Å²) in [6.07, 6.45) is 3.94.